The van der Waals surface area contributed by atoms with E-state index in [0.29, 0.717) is 0 Å². The van der Waals surface area contributed by atoms with E-state index in [0.717, 1.165) is 11.6 Å². The van der Waals surface area contributed by atoms with Crippen LogP contribution in [0.4, 0.5) is 13.2 Å². The van der Waals surface area contributed by atoms with Crippen molar-refractivity contribution in [2.75, 3.05) is 0 Å². The third kappa shape index (κ3) is 3.00. The number of hydrogen-bond acceptors (Lipinski definition) is 0. The lowest BCUT2D eigenvalue weighted by atomic mass is 10.1. The summed E-state index contributed by atoms with van der Waals surface area (Å²) in [6.45, 7) is 0. The number of rotatable bonds is 2. The van der Waals surface area contributed by atoms with Gasteiger partial charge in [-0.3, -0.25) is 0 Å². The molecule has 0 fully saturated rings. The second-order valence-corrected chi connectivity index (χ2v) is 3.83. The Hall–Kier alpha value is -2.03. The van der Waals surface area contributed by atoms with Crippen molar-refractivity contribution in [1.82, 2.24) is 0 Å². The lowest BCUT2D eigenvalue weighted by Crippen LogP contribution is -2.06. The molecule has 0 aliphatic carbocycles. The zero-order valence-electron chi connectivity index (χ0n) is 9.48. The van der Waals surface area contributed by atoms with E-state index in [9.17, 15) is 13.2 Å². The Morgan fingerprint density at radius 1 is 0.722 bits per heavy atom. The Balaban J connectivity index is 2.33. The van der Waals surface area contributed by atoms with Crippen LogP contribution in [-0.4, -0.2) is 0 Å². The lowest BCUT2D eigenvalue weighted by molar-refractivity contribution is -0.137. The predicted molar refractivity (Wildman–Crippen MR) is 66.8 cm³/mol. The molecule has 0 unspecified atom stereocenters. The van der Waals surface area contributed by atoms with Crippen molar-refractivity contribution in [3.05, 3.63) is 71.3 Å². The van der Waals surface area contributed by atoms with E-state index in [-0.39, 0.29) is 5.56 Å². The molecule has 0 aliphatic rings. The summed E-state index contributed by atoms with van der Waals surface area (Å²) in [5, 5.41) is 0. The first-order valence-electron chi connectivity index (χ1n) is 5.47. The fourth-order valence-corrected chi connectivity index (χ4v) is 1.65. The molecule has 0 heterocycles. The molecule has 3 heteroatoms. The molecule has 0 aromatic heterocycles. The standard InChI is InChI=1S/C15H11F3/c16-15(17,18)14-9-5-4-8-13(14)11-10-12-6-2-1-3-7-12/h1-11H/b11-10+. The summed E-state index contributed by atoms with van der Waals surface area (Å²) >= 11 is 0. The van der Waals surface area contributed by atoms with Gasteiger partial charge in [-0.2, -0.15) is 13.2 Å². The highest BCUT2D eigenvalue weighted by Crippen LogP contribution is 2.32. The molecule has 0 amide bonds. The van der Waals surface area contributed by atoms with Crippen LogP contribution in [0, 0.1) is 0 Å². The van der Waals surface area contributed by atoms with Gasteiger partial charge in [0.1, 0.15) is 0 Å². The number of halogens is 3. The van der Waals surface area contributed by atoms with Crippen LogP contribution in [0.2, 0.25) is 0 Å². The van der Waals surface area contributed by atoms with Gasteiger partial charge in [-0.05, 0) is 17.2 Å². The van der Waals surface area contributed by atoms with E-state index in [1.807, 2.05) is 30.3 Å². The van der Waals surface area contributed by atoms with Crippen molar-refractivity contribution < 1.29 is 13.2 Å². The van der Waals surface area contributed by atoms with Crippen LogP contribution < -0.4 is 0 Å². The molecule has 0 spiro atoms. The Kier molecular flexibility index (Phi) is 3.51. The molecule has 2 aromatic carbocycles. The minimum absolute atomic E-state index is 0.175. The highest BCUT2D eigenvalue weighted by atomic mass is 19.4. The molecule has 92 valence electrons. The van der Waals surface area contributed by atoms with Gasteiger partial charge < -0.3 is 0 Å². The normalized spacial score (nSPS) is 11.9. The van der Waals surface area contributed by atoms with Crippen LogP contribution in [0.25, 0.3) is 12.2 Å². The molecule has 18 heavy (non-hydrogen) atoms. The summed E-state index contributed by atoms with van der Waals surface area (Å²) in [6.07, 6.45) is -1.17. The molecule has 0 bridgehead atoms. The summed E-state index contributed by atoms with van der Waals surface area (Å²) in [5.41, 5.74) is 0.431. The van der Waals surface area contributed by atoms with Crippen LogP contribution in [0.3, 0.4) is 0 Å². The summed E-state index contributed by atoms with van der Waals surface area (Å²) < 4.78 is 38.2. The maximum atomic E-state index is 12.7. The maximum Gasteiger partial charge on any atom is 0.416 e. The Labute approximate surface area is 103 Å². The highest BCUT2D eigenvalue weighted by molar-refractivity contribution is 5.71. The first-order chi connectivity index (χ1) is 8.57. The fourth-order valence-electron chi connectivity index (χ4n) is 1.65. The van der Waals surface area contributed by atoms with Gasteiger partial charge in [-0.25, -0.2) is 0 Å². The molecule has 0 saturated carbocycles. The quantitative estimate of drug-likeness (QED) is 0.665. The monoisotopic (exact) mass is 248 g/mol. The molecule has 0 aliphatic heterocycles. The first kappa shape index (κ1) is 12.4. The Bertz CT molecular complexity index is 539. The van der Waals surface area contributed by atoms with Crippen molar-refractivity contribution in [3.8, 4) is 0 Å². The SMILES string of the molecule is FC(F)(F)c1ccccc1/C=C/c1ccccc1. The summed E-state index contributed by atoms with van der Waals surface area (Å²) in [4.78, 5) is 0. The fraction of sp³-hybridized carbons (Fsp3) is 0.0667. The maximum absolute atomic E-state index is 12.7. The number of alkyl halides is 3. The largest absolute Gasteiger partial charge is 0.416 e. The topological polar surface area (TPSA) is 0 Å². The van der Waals surface area contributed by atoms with Crippen LogP contribution in [-0.2, 0) is 6.18 Å². The van der Waals surface area contributed by atoms with E-state index < -0.39 is 11.7 Å². The molecular weight excluding hydrogens is 237 g/mol. The van der Waals surface area contributed by atoms with Crippen LogP contribution in [0.1, 0.15) is 16.7 Å². The third-order valence-electron chi connectivity index (χ3n) is 2.52. The molecular formula is C15H11F3. The van der Waals surface area contributed by atoms with Gasteiger partial charge in [0.25, 0.3) is 0 Å². The van der Waals surface area contributed by atoms with Gasteiger partial charge in [0, 0.05) is 0 Å². The minimum Gasteiger partial charge on any atom is -0.166 e. The Morgan fingerprint density at radius 2 is 1.33 bits per heavy atom. The average molecular weight is 248 g/mol. The molecule has 0 atom stereocenters. The van der Waals surface area contributed by atoms with E-state index in [4.69, 9.17) is 0 Å². The molecule has 0 saturated heterocycles. The van der Waals surface area contributed by atoms with Gasteiger partial charge in [-0.1, -0.05) is 60.7 Å². The van der Waals surface area contributed by atoms with Crippen molar-refractivity contribution in [2.45, 2.75) is 6.18 Å². The molecule has 0 N–H and O–H groups in total. The molecule has 2 aromatic rings. The van der Waals surface area contributed by atoms with Crippen LogP contribution >= 0.6 is 0 Å². The summed E-state index contributed by atoms with van der Waals surface area (Å²) in [6, 6.07) is 14.8. The van der Waals surface area contributed by atoms with Gasteiger partial charge in [0.15, 0.2) is 0 Å². The highest BCUT2D eigenvalue weighted by Gasteiger charge is 2.32. The third-order valence-corrected chi connectivity index (χ3v) is 2.52. The predicted octanol–water partition coefficient (Wildman–Crippen LogP) is 4.88. The lowest BCUT2D eigenvalue weighted by Gasteiger charge is -2.09. The summed E-state index contributed by atoms with van der Waals surface area (Å²) in [7, 11) is 0. The van der Waals surface area contributed by atoms with Crippen molar-refractivity contribution in [2.24, 2.45) is 0 Å². The van der Waals surface area contributed by atoms with Crippen molar-refractivity contribution >= 4 is 12.2 Å². The van der Waals surface area contributed by atoms with Crippen molar-refractivity contribution in [1.29, 1.82) is 0 Å². The van der Waals surface area contributed by atoms with E-state index in [1.54, 1.807) is 12.1 Å². The second kappa shape index (κ2) is 5.08. The minimum atomic E-state index is -4.32. The van der Waals surface area contributed by atoms with Gasteiger partial charge in [-0.15, -0.1) is 0 Å². The molecule has 0 nitrogen and oxygen atoms in total. The van der Waals surface area contributed by atoms with E-state index >= 15 is 0 Å². The van der Waals surface area contributed by atoms with Crippen LogP contribution in [0.15, 0.2) is 54.6 Å². The first-order valence-corrected chi connectivity index (χ1v) is 5.47. The van der Waals surface area contributed by atoms with Gasteiger partial charge in [0.05, 0.1) is 5.56 Å². The average Bonchev–Trinajstić information content (AvgIpc) is 2.37. The second-order valence-electron chi connectivity index (χ2n) is 3.83. The van der Waals surface area contributed by atoms with E-state index in [1.165, 1.54) is 18.2 Å². The number of benzene rings is 2. The molecule has 0 radical (unpaired) electrons. The zero-order chi connectivity index (χ0) is 13.0. The smallest absolute Gasteiger partial charge is 0.166 e. The summed E-state index contributed by atoms with van der Waals surface area (Å²) in [5.74, 6) is 0. The molecule has 2 rings (SSSR count). The van der Waals surface area contributed by atoms with Crippen LogP contribution in [0.5, 0.6) is 0 Å². The number of hydrogen-bond donors (Lipinski definition) is 0. The van der Waals surface area contributed by atoms with Crippen molar-refractivity contribution in [3.63, 3.8) is 0 Å². The van der Waals surface area contributed by atoms with Gasteiger partial charge in [0.2, 0.25) is 0 Å². The Morgan fingerprint density at radius 3 is 2.00 bits per heavy atom. The van der Waals surface area contributed by atoms with Gasteiger partial charge >= 0.3 is 6.18 Å². The van der Waals surface area contributed by atoms with E-state index in [2.05, 4.69) is 0 Å². The zero-order valence-corrected chi connectivity index (χ0v) is 9.48.